The molecule has 0 bridgehead atoms. The molecule has 1 atom stereocenters. The van der Waals surface area contributed by atoms with Crippen molar-refractivity contribution < 1.29 is 14.6 Å². The van der Waals surface area contributed by atoms with Crippen LogP contribution in [0.25, 0.3) is 0 Å². The van der Waals surface area contributed by atoms with E-state index in [1.165, 1.54) is 11.1 Å². The molecule has 2 aromatic carbocycles. The Bertz CT molecular complexity index is 1100. The third kappa shape index (κ3) is 7.09. The van der Waals surface area contributed by atoms with Crippen molar-refractivity contribution in [1.29, 1.82) is 0 Å². The predicted molar refractivity (Wildman–Crippen MR) is 139 cm³/mol. The quantitative estimate of drug-likeness (QED) is 0.448. The monoisotopic (exact) mass is 477 g/mol. The minimum absolute atomic E-state index is 0.338. The fourth-order valence-corrected chi connectivity index (χ4v) is 4.82. The number of aliphatic hydroxyl groups is 1. The van der Waals surface area contributed by atoms with Crippen LogP contribution in [0.1, 0.15) is 48.7 Å². The third-order valence-electron chi connectivity index (χ3n) is 6.86. The molecule has 4 rings (SSSR count). The van der Waals surface area contributed by atoms with Crippen molar-refractivity contribution in [2.75, 3.05) is 26.3 Å². The number of likely N-dealkylation sites (tertiary alicyclic amines) is 1. The van der Waals surface area contributed by atoms with Gasteiger partial charge in [-0.05, 0) is 69.0 Å². The zero-order chi connectivity index (χ0) is 24.7. The van der Waals surface area contributed by atoms with Crippen LogP contribution in [0.4, 0.5) is 0 Å². The van der Waals surface area contributed by atoms with Crippen LogP contribution in [0.3, 0.4) is 0 Å². The highest BCUT2D eigenvalue weighted by Crippen LogP contribution is 2.27. The Balaban J connectivity index is 1.26. The lowest BCUT2D eigenvalue weighted by Gasteiger charge is -2.27. The summed E-state index contributed by atoms with van der Waals surface area (Å²) in [6.45, 7) is 10.7. The zero-order valence-electron chi connectivity index (χ0n) is 21.4. The van der Waals surface area contributed by atoms with Crippen molar-refractivity contribution in [3.05, 3.63) is 77.4 Å². The van der Waals surface area contributed by atoms with Gasteiger partial charge < -0.3 is 19.1 Å². The maximum Gasteiger partial charge on any atom is 0.122 e. The summed E-state index contributed by atoms with van der Waals surface area (Å²) in [5.41, 5.74) is 2.77. The molecule has 1 saturated heterocycles. The van der Waals surface area contributed by atoms with Crippen LogP contribution in [0, 0.1) is 13.8 Å². The Morgan fingerprint density at radius 3 is 2.77 bits per heavy atom. The molecule has 1 fully saturated rings. The van der Waals surface area contributed by atoms with Crippen LogP contribution in [0.5, 0.6) is 11.5 Å². The molecular weight excluding hydrogens is 438 g/mol. The largest absolute Gasteiger partial charge is 0.492 e. The number of aromatic nitrogens is 2. The fourth-order valence-electron chi connectivity index (χ4n) is 4.82. The maximum absolute atomic E-state index is 11.2. The van der Waals surface area contributed by atoms with Crippen molar-refractivity contribution in [2.24, 2.45) is 0 Å². The lowest BCUT2D eigenvalue weighted by molar-refractivity contribution is -0.0170. The van der Waals surface area contributed by atoms with Gasteiger partial charge in [-0.15, -0.1) is 0 Å². The number of aryl methyl sites for hydroxylation is 3. The second kappa shape index (κ2) is 11.7. The van der Waals surface area contributed by atoms with Crippen LogP contribution < -0.4 is 9.47 Å². The van der Waals surface area contributed by atoms with Gasteiger partial charge in [0, 0.05) is 31.9 Å². The van der Waals surface area contributed by atoms with Crippen LogP contribution in [0.15, 0.2) is 54.9 Å². The normalized spacial score (nSPS) is 18.9. The molecule has 0 aliphatic carbocycles. The first kappa shape index (κ1) is 25.3. The van der Waals surface area contributed by atoms with E-state index in [4.69, 9.17) is 9.47 Å². The number of rotatable bonds is 10. The van der Waals surface area contributed by atoms with Crippen molar-refractivity contribution in [1.82, 2.24) is 14.5 Å². The van der Waals surface area contributed by atoms with Crippen LogP contribution in [0.2, 0.25) is 0 Å². The summed E-state index contributed by atoms with van der Waals surface area (Å²) >= 11 is 0. The second-order valence-corrected chi connectivity index (χ2v) is 9.80. The molecule has 6 nitrogen and oxygen atoms in total. The van der Waals surface area contributed by atoms with Gasteiger partial charge in [-0.3, -0.25) is 4.90 Å². The van der Waals surface area contributed by atoms with Gasteiger partial charge in [0.05, 0.1) is 12.1 Å². The lowest BCUT2D eigenvalue weighted by Crippen LogP contribution is -2.37. The third-order valence-corrected chi connectivity index (χ3v) is 6.86. The van der Waals surface area contributed by atoms with Gasteiger partial charge in [-0.2, -0.15) is 0 Å². The number of ether oxygens (including phenoxy) is 2. The fraction of sp³-hybridized carbons (Fsp3) is 0.483. The highest BCUT2D eigenvalue weighted by Gasteiger charge is 2.31. The van der Waals surface area contributed by atoms with E-state index in [1.807, 2.05) is 24.5 Å². The minimum atomic E-state index is -0.790. The van der Waals surface area contributed by atoms with Crippen molar-refractivity contribution in [2.45, 2.75) is 65.1 Å². The number of benzene rings is 2. The Morgan fingerprint density at radius 1 is 1.06 bits per heavy atom. The van der Waals surface area contributed by atoms with Crippen molar-refractivity contribution in [3.63, 3.8) is 0 Å². The molecule has 1 aromatic heterocycles. The van der Waals surface area contributed by atoms with E-state index in [2.05, 4.69) is 65.6 Å². The number of nitrogens with zero attached hydrogens (tertiary/aromatic N) is 3. The van der Waals surface area contributed by atoms with Gasteiger partial charge in [-0.25, -0.2) is 4.98 Å². The number of imidazole rings is 1. The minimum Gasteiger partial charge on any atom is -0.492 e. The highest BCUT2D eigenvalue weighted by atomic mass is 16.5. The van der Waals surface area contributed by atoms with Gasteiger partial charge in [0.15, 0.2) is 0 Å². The molecule has 1 N–H and O–H groups in total. The number of hydrogen-bond donors (Lipinski definition) is 1. The highest BCUT2D eigenvalue weighted by molar-refractivity contribution is 5.35. The topological polar surface area (TPSA) is 59.8 Å². The molecule has 0 amide bonds. The summed E-state index contributed by atoms with van der Waals surface area (Å²) in [5.74, 6) is 2.85. The van der Waals surface area contributed by atoms with E-state index >= 15 is 0 Å². The first-order chi connectivity index (χ1) is 16.9. The molecule has 0 saturated carbocycles. The van der Waals surface area contributed by atoms with Gasteiger partial charge >= 0.3 is 0 Å². The molecular formula is C29H39N3O3. The Morgan fingerprint density at radius 2 is 1.94 bits per heavy atom. The molecule has 2 heterocycles. The van der Waals surface area contributed by atoms with E-state index in [-0.39, 0.29) is 0 Å². The Hall–Kier alpha value is -2.83. The lowest BCUT2D eigenvalue weighted by atomic mass is 9.96. The average Bonchev–Trinajstić information content (AvgIpc) is 3.21. The molecule has 1 unspecified atom stereocenters. The first-order valence-electron chi connectivity index (χ1n) is 12.8. The van der Waals surface area contributed by atoms with Crippen LogP contribution in [-0.2, 0) is 19.5 Å². The molecule has 1 aliphatic heterocycles. The number of hydrogen-bond acceptors (Lipinski definition) is 5. The average molecular weight is 478 g/mol. The van der Waals surface area contributed by atoms with Crippen molar-refractivity contribution in [3.8, 4) is 11.5 Å². The van der Waals surface area contributed by atoms with E-state index in [0.29, 0.717) is 19.6 Å². The van der Waals surface area contributed by atoms with Gasteiger partial charge in [0.25, 0.3) is 0 Å². The zero-order valence-corrected chi connectivity index (χ0v) is 21.4. The second-order valence-electron chi connectivity index (χ2n) is 9.80. The summed E-state index contributed by atoms with van der Waals surface area (Å²) in [7, 11) is 0. The van der Waals surface area contributed by atoms with E-state index in [1.54, 1.807) is 0 Å². The van der Waals surface area contributed by atoms with Gasteiger partial charge in [-0.1, -0.05) is 36.8 Å². The van der Waals surface area contributed by atoms with E-state index < -0.39 is 5.60 Å². The molecule has 6 heteroatoms. The smallest absolute Gasteiger partial charge is 0.122 e. The molecule has 188 valence electrons. The molecule has 1 aliphatic rings. The first-order valence-corrected chi connectivity index (χ1v) is 12.8. The summed E-state index contributed by atoms with van der Waals surface area (Å²) in [6.07, 6.45) is 7.19. The standard InChI is InChI=1S/C29H39N3O3/c1-4-28-30-13-16-32(28)17-18-34-26-8-5-7-25(20-26)21-31-14-6-11-29(33,12-15-31)22-35-27-10-9-23(2)19-24(27)3/h5,7-10,13,16,19-20,33H,4,6,11-12,14-15,17-18,21-22H2,1-3H3. The predicted octanol–water partition coefficient (Wildman–Crippen LogP) is 4.94. The van der Waals surface area contributed by atoms with Crippen molar-refractivity contribution >= 4 is 0 Å². The Labute approximate surface area is 209 Å². The van der Waals surface area contributed by atoms with E-state index in [0.717, 1.165) is 68.3 Å². The molecule has 0 spiro atoms. The SMILES string of the molecule is CCc1nccn1CCOc1cccc(CN2CCCC(O)(COc3ccc(C)cc3C)CC2)c1. The van der Waals surface area contributed by atoms with Gasteiger partial charge in [0.1, 0.15) is 30.5 Å². The van der Waals surface area contributed by atoms with Crippen LogP contribution >= 0.6 is 0 Å². The van der Waals surface area contributed by atoms with Gasteiger partial charge in [0.2, 0.25) is 0 Å². The van der Waals surface area contributed by atoms with E-state index in [9.17, 15) is 5.11 Å². The summed E-state index contributed by atoms with van der Waals surface area (Å²) < 4.78 is 14.2. The summed E-state index contributed by atoms with van der Waals surface area (Å²) in [5, 5.41) is 11.2. The Kier molecular flexibility index (Phi) is 8.47. The molecule has 35 heavy (non-hydrogen) atoms. The molecule has 0 radical (unpaired) electrons. The molecule has 3 aromatic rings. The maximum atomic E-state index is 11.2. The summed E-state index contributed by atoms with van der Waals surface area (Å²) in [6, 6.07) is 14.5. The summed E-state index contributed by atoms with van der Waals surface area (Å²) in [4.78, 5) is 6.79. The van der Waals surface area contributed by atoms with Crippen LogP contribution in [-0.4, -0.2) is 51.5 Å².